The Bertz CT molecular complexity index is 408. The molecule has 1 aliphatic rings. The second-order valence-electron chi connectivity index (χ2n) is 4.41. The van der Waals surface area contributed by atoms with Crippen LogP contribution in [0.3, 0.4) is 0 Å². The van der Waals surface area contributed by atoms with Crippen molar-refractivity contribution in [3.63, 3.8) is 0 Å². The van der Waals surface area contributed by atoms with E-state index in [1.54, 1.807) is 16.2 Å². The Hall–Kier alpha value is -1.21. The first kappa shape index (κ1) is 13.2. The SMILES string of the molecule is CCNc1nnc(CN2CCCN(C)C(=O)C2)s1. The molecular formula is C11H19N5OS. The maximum Gasteiger partial charge on any atom is 0.236 e. The summed E-state index contributed by atoms with van der Waals surface area (Å²) in [5, 5.41) is 13.2. The van der Waals surface area contributed by atoms with Gasteiger partial charge in [-0.05, 0) is 13.3 Å². The van der Waals surface area contributed by atoms with Gasteiger partial charge in [0, 0.05) is 26.7 Å². The fraction of sp³-hybridized carbons (Fsp3) is 0.727. The molecule has 1 aromatic heterocycles. The van der Waals surface area contributed by atoms with E-state index in [1.807, 2.05) is 14.0 Å². The van der Waals surface area contributed by atoms with Crippen molar-refractivity contribution < 1.29 is 4.79 Å². The van der Waals surface area contributed by atoms with Crippen LogP contribution in [0.2, 0.25) is 0 Å². The molecule has 100 valence electrons. The maximum atomic E-state index is 11.8. The van der Waals surface area contributed by atoms with Crippen molar-refractivity contribution >= 4 is 22.4 Å². The molecule has 0 aliphatic carbocycles. The monoisotopic (exact) mass is 269 g/mol. The number of aromatic nitrogens is 2. The van der Waals surface area contributed by atoms with Gasteiger partial charge in [-0.2, -0.15) is 0 Å². The van der Waals surface area contributed by atoms with Gasteiger partial charge in [0.25, 0.3) is 0 Å². The molecular weight excluding hydrogens is 250 g/mol. The van der Waals surface area contributed by atoms with Gasteiger partial charge in [-0.25, -0.2) is 0 Å². The molecule has 0 spiro atoms. The Kier molecular flexibility index (Phi) is 4.48. The number of hydrogen-bond acceptors (Lipinski definition) is 6. The molecule has 0 aromatic carbocycles. The fourth-order valence-electron chi connectivity index (χ4n) is 1.91. The zero-order chi connectivity index (χ0) is 13.0. The topological polar surface area (TPSA) is 61.4 Å². The third-order valence-corrected chi connectivity index (χ3v) is 3.77. The first-order valence-corrected chi connectivity index (χ1v) is 7.03. The van der Waals surface area contributed by atoms with Crippen molar-refractivity contribution in [2.24, 2.45) is 0 Å². The van der Waals surface area contributed by atoms with Crippen LogP contribution >= 0.6 is 11.3 Å². The summed E-state index contributed by atoms with van der Waals surface area (Å²) >= 11 is 1.56. The van der Waals surface area contributed by atoms with Gasteiger partial charge in [-0.3, -0.25) is 9.69 Å². The molecule has 2 rings (SSSR count). The molecule has 1 aromatic rings. The van der Waals surface area contributed by atoms with E-state index in [4.69, 9.17) is 0 Å². The van der Waals surface area contributed by atoms with E-state index in [0.29, 0.717) is 13.1 Å². The summed E-state index contributed by atoms with van der Waals surface area (Å²) in [6, 6.07) is 0. The second-order valence-corrected chi connectivity index (χ2v) is 5.47. The fourth-order valence-corrected chi connectivity index (χ4v) is 2.76. The number of anilines is 1. The van der Waals surface area contributed by atoms with E-state index in [1.165, 1.54) is 0 Å². The molecule has 7 heteroatoms. The van der Waals surface area contributed by atoms with Gasteiger partial charge in [0.2, 0.25) is 11.0 Å². The van der Waals surface area contributed by atoms with Gasteiger partial charge in [-0.15, -0.1) is 10.2 Å². The van der Waals surface area contributed by atoms with Crippen LogP contribution in [-0.4, -0.2) is 59.1 Å². The van der Waals surface area contributed by atoms with Gasteiger partial charge in [0.1, 0.15) is 5.01 Å². The average molecular weight is 269 g/mol. The highest BCUT2D eigenvalue weighted by atomic mass is 32.1. The van der Waals surface area contributed by atoms with E-state index in [-0.39, 0.29) is 5.91 Å². The summed E-state index contributed by atoms with van der Waals surface area (Å²) in [5.74, 6) is 0.184. The number of hydrogen-bond donors (Lipinski definition) is 1. The van der Waals surface area contributed by atoms with E-state index in [9.17, 15) is 4.79 Å². The van der Waals surface area contributed by atoms with Gasteiger partial charge in [0.15, 0.2) is 0 Å². The number of nitrogens with zero attached hydrogens (tertiary/aromatic N) is 4. The summed E-state index contributed by atoms with van der Waals surface area (Å²) in [7, 11) is 1.86. The number of likely N-dealkylation sites (N-methyl/N-ethyl adjacent to an activating group) is 1. The number of nitrogens with one attached hydrogen (secondary N) is 1. The Morgan fingerprint density at radius 1 is 1.39 bits per heavy atom. The molecule has 1 N–H and O–H groups in total. The molecule has 2 heterocycles. The van der Waals surface area contributed by atoms with Crippen LogP contribution in [0.1, 0.15) is 18.4 Å². The minimum Gasteiger partial charge on any atom is -0.360 e. The molecule has 1 saturated heterocycles. The van der Waals surface area contributed by atoms with Crippen LogP contribution < -0.4 is 5.32 Å². The Morgan fingerprint density at radius 3 is 3.00 bits per heavy atom. The molecule has 0 saturated carbocycles. The minimum absolute atomic E-state index is 0.184. The van der Waals surface area contributed by atoms with Crippen molar-refractivity contribution in [3.8, 4) is 0 Å². The third-order valence-electron chi connectivity index (χ3n) is 2.91. The predicted octanol–water partition coefficient (Wildman–Crippen LogP) is 0.634. The zero-order valence-corrected chi connectivity index (χ0v) is 11.7. The summed E-state index contributed by atoms with van der Waals surface area (Å²) in [6.07, 6.45) is 1.01. The highest BCUT2D eigenvalue weighted by Gasteiger charge is 2.19. The number of rotatable bonds is 4. The molecule has 0 radical (unpaired) electrons. The van der Waals surface area contributed by atoms with Gasteiger partial charge in [0.05, 0.1) is 13.1 Å². The minimum atomic E-state index is 0.184. The van der Waals surface area contributed by atoms with Gasteiger partial charge >= 0.3 is 0 Å². The van der Waals surface area contributed by atoms with E-state index >= 15 is 0 Å². The standard InChI is InChI=1S/C11H19N5OS/c1-3-12-11-14-13-9(18-11)7-16-6-4-5-15(2)10(17)8-16/h3-8H2,1-2H3,(H,12,14). The van der Waals surface area contributed by atoms with E-state index < -0.39 is 0 Å². The van der Waals surface area contributed by atoms with Crippen molar-refractivity contribution in [2.75, 3.05) is 38.5 Å². The Balaban J connectivity index is 1.93. The molecule has 1 aliphatic heterocycles. The lowest BCUT2D eigenvalue weighted by Gasteiger charge is -2.17. The molecule has 1 fully saturated rings. The second kappa shape index (κ2) is 6.10. The van der Waals surface area contributed by atoms with Crippen LogP contribution in [-0.2, 0) is 11.3 Å². The quantitative estimate of drug-likeness (QED) is 0.869. The van der Waals surface area contributed by atoms with Crippen molar-refractivity contribution in [1.82, 2.24) is 20.0 Å². The maximum absolute atomic E-state index is 11.8. The number of amides is 1. The zero-order valence-electron chi connectivity index (χ0n) is 10.8. The van der Waals surface area contributed by atoms with Gasteiger partial charge in [-0.1, -0.05) is 11.3 Å². The molecule has 1 amide bonds. The number of carbonyl (C=O) groups is 1. The van der Waals surface area contributed by atoms with Crippen LogP contribution in [0.15, 0.2) is 0 Å². The smallest absolute Gasteiger partial charge is 0.236 e. The molecule has 0 atom stereocenters. The Morgan fingerprint density at radius 2 is 2.22 bits per heavy atom. The van der Waals surface area contributed by atoms with Crippen molar-refractivity contribution in [3.05, 3.63) is 5.01 Å². The lowest BCUT2D eigenvalue weighted by Crippen LogP contribution is -2.34. The van der Waals surface area contributed by atoms with Crippen molar-refractivity contribution in [1.29, 1.82) is 0 Å². The molecule has 0 unspecified atom stereocenters. The van der Waals surface area contributed by atoms with Gasteiger partial charge < -0.3 is 10.2 Å². The highest BCUT2D eigenvalue weighted by molar-refractivity contribution is 7.15. The van der Waals surface area contributed by atoms with E-state index in [2.05, 4.69) is 20.4 Å². The Labute approximate surface area is 111 Å². The lowest BCUT2D eigenvalue weighted by molar-refractivity contribution is -0.129. The average Bonchev–Trinajstić information content (AvgIpc) is 2.70. The first-order valence-electron chi connectivity index (χ1n) is 6.21. The first-order chi connectivity index (χ1) is 8.69. The summed E-state index contributed by atoms with van der Waals surface area (Å²) in [6.45, 7) is 5.85. The summed E-state index contributed by atoms with van der Waals surface area (Å²) in [5.41, 5.74) is 0. The number of carbonyl (C=O) groups excluding carboxylic acids is 1. The highest BCUT2D eigenvalue weighted by Crippen LogP contribution is 2.17. The summed E-state index contributed by atoms with van der Waals surface area (Å²) in [4.78, 5) is 15.7. The molecule has 0 bridgehead atoms. The van der Waals surface area contributed by atoms with E-state index in [0.717, 1.165) is 36.2 Å². The molecule has 6 nitrogen and oxygen atoms in total. The summed E-state index contributed by atoms with van der Waals surface area (Å²) < 4.78 is 0. The van der Waals surface area contributed by atoms with Crippen LogP contribution in [0.4, 0.5) is 5.13 Å². The molecule has 18 heavy (non-hydrogen) atoms. The van der Waals surface area contributed by atoms with Crippen LogP contribution in [0, 0.1) is 0 Å². The van der Waals surface area contributed by atoms with Crippen LogP contribution in [0.5, 0.6) is 0 Å². The predicted molar refractivity (Wildman–Crippen MR) is 71.6 cm³/mol. The van der Waals surface area contributed by atoms with Crippen molar-refractivity contribution in [2.45, 2.75) is 19.9 Å². The van der Waals surface area contributed by atoms with Crippen LogP contribution in [0.25, 0.3) is 0 Å². The lowest BCUT2D eigenvalue weighted by atomic mass is 10.4. The third kappa shape index (κ3) is 3.39. The normalized spacial score (nSPS) is 17.9. The largest absolute Gasteiger partial charge is 0.360 e.